The van der Waals surface area contributed by atoms with Crippen LogP contribution in [-0.4, -0.2) is 58.6 Å². The van der Waals surface area contributed by atoms with Gasteiger partial charge in [-0.2, -0.15) is 0 Å². The second-order valence-corrected chi connectivity index (χ2v) is 13.0. The fourth-order valence-corrected chi connectivity index (χ4v) is 6.04. The van der Waals surface area contributed by atoms with Crippen LogP contribution in [0.5, 0.6) is 0 Å². The maximum atomic E-state index is 14.1. The number of carbonyl (C=O) groups excluding carboxylic acids is 5. The zero-order chi connectivity index (χ0) is 37.0. The Labute approximate surface area is 302 Å². The molecule has 11 nitrogen and oxygen atoms in total. The fourth-order valence-electron chi connectivity index (χ4n) is 6.04. The van der Waals surface area contributed by atoms with Crippen molar-refractivity contribution in [1.29, 1.82) is 0 Å². The van der Waals surface area contributed by atoms with Crippen LogP contribution >= 0.6 is 0 Å². The topological polar surface area (TPSA) is 171 Å². The van der Waals surface area contributed by atoms with Crippen LogP contribution in [0.25, 0.3) is 11.1 Å². The molecule has 0 fully saturated rings. The lowest BCUT2D eigenvalue weighted by Crippen LogP contribution is -2.56. The third-order valence-corrected chi connectivity index (χ3v) is 8.99. The highest BCUT2D eigenvalue weighted by Gasteiger charge is 2.31. The number of hydrogen-bond acceptors (Lipinski definition) is 6. The summed E-state index contributed by atoms with van der Waals surface area (Å²) in [5.41, 5.74) is 4.57. The normalized spacial score (nSPS) is 20.8. The molecule has 0 aliphatic carbocycles. The molecule has 2 aliphatic rings. The van der Waals surface area contributed by atoms with Gasteiger partial charge in [-0.3, -0.25) is 28.8 Å². The van der Waals surface area contributed by atoms with Crippen LogP contribution in [0.1, 0.15) is 42.9 Å². The Kier molecular flexibility index (Phi) is 12.7. The van der Waals surface area contributed by atoms with Crippen LogP contribution in [-0.2, 0) is 48.0 Å². The molecule has 5 N–H and O–H groups in total. The average molecular weight is 703 g/mol. The van der Waals surface area contributed by atoms with E-state index in [0.29, 0.717) is 11.3 Å². The predicted molar refractivity (Wildman–Crippen MR) is 196 cm³/mol. The Morgan fingerprint density at radius 3 is 1.83 bits per heavy atom. The number of fused-ring (bicyclic) bond motifs is 18. The number of nitrogens with one attached hydrogen (secondary N) is 4. The molecule has 0 saturated carbocycles. The first-order chi connectivity index (χ1) is 25.0. The van der Waals surface area contributed by atoms with Crippen LogP contribution in [0.15, 0.2) is 109 Å². The minimum absolute atomic E-state index is 0.0387. The van der Waals surface area contributed by atoms with E-state index in [1.807, 2.05) is 72.8 Å². The number of amides is 4. The highest BCUT2D eigenvalue weighted by Crippen LogP contribution is 2.21. The van der Waals surface area contributed by atoms with Crippen molar-refractivity contribution in [3.8, 4) is 11.1 Å². The summed E-state index contributed by atoms with van der Waals surface area (Å²) in [6.45, 7) is 1.47. The Morgan fingerprint density at radius 2 is 1.17 bits per heavy atom. The van der Waals surface area contributed by atoms with Crippen molar-refractivity contribution >= 4 is 41.1 Å². The summed E-state index contributed by atoms with van der Waals surface area (Å²) in [7, 11) is 0. The summed E-state index contributed by atoms with van der Waals surface area (Å²) >= 11 is 0. The van der Waals surface area contributed by atoms with Crippen LogP contribution < -0.4 is 21.3 Å². The number of carboxylic acid groups (broad SMARTS) is 1. The van der Waals surface area contributed by atoms with E-state index in [4.69, 9.17) is 0 Å². The maximum Gasteiger partial charge on any atom is 0.307 e. The van der Waals surface area contributed by atoms with E-state index < -0.39 is 59.4 Å². The lowest BCUT2D eigenvalue weighted by Gasteiger charge is -2.25. The number of ketones is 1. The summed E-state index contributed by atoms with van der Waals surface area (Å²) in [5, 5.41) is 21.0. The molecule has 11 heteroatoms. The maximum absolute atomic E-state index is 14.1. The first kappa shape index (κ1) is 37.2. The van der Waals surface area contributed by atoms with Crippen molar-refractivity contribution in [2.45, 2.75) is 63.6 Å². The summed E-state index contributed by atoms with van der Waals surface area (Å²) in [5.74, 6) is -4.95. The number of Topliss-reactive ketones (excluding diaryl/α,β-unsaturated/α-hetero) is 1. The molecule has 0 unspecified atom stereocenters. The highest BCUT2D eigenvalue weighted by molar-refractivity contribution is 5.97. The van der Waals surface area contributed by atoms with Gasteiger partial charge in [0.15, 0.2) is 5.78 Å². The van der Waals surface area contributed by atoms with Crippen molar-refractivity contribution < 1.29 is 33.9 Å². The summed E-state index contributed by atoms with van der Waals surface area (Å²) < 4.78 is 0. The molecule has 268 valence electrons. The molecule has 4 amide bonds. The van der Waals surface area contributed by atoms with Crippen LogP contribution in [0.4, 0.5) is 5.69 Å². The molecule has 0 radical (unpaired) electrons. The molecule has 2 heterocycles. The molecule has 0 aromatic heterocycles. The monoisotopic (exact) mass is 702 g/mol. The molecule has 0 spiro atoms. The predicted octanol–water partition coefficient (Wildman–Crippen LogP) is 4.25. The molecule has 6 rings (SSSR count). The van der Waals surface area contributed by atoms with E-state index in [1.54, 1.807) is 36.4 Å². The molecule has 2 bridgehead atoms. The number of carbonyl (C=O) groups is 6. The smallest absolute Gasteiger partial charge is 0.307 e. The van der Waals surface area contributed by atoms with Crippen molar-refractivity contribution in [2.75, 3.05) is 5.32 Å². The van der Waals surface area contributed by atoms with Gasteiger partial charge < -0.3 is 26.4 Å². The Balaban J connectivity index is 1.45. The van der Waals surface area contributed by atoms with Crippen molar-refractivity contribution in [1.82, 2.24) is 16.0 Å². The van der Waals surface area contributed by atoms with Crippen molar-refractivity contribution in [3.05, 3.63) is 126 Å². The largest absolute Gasteiger partial charge is 0.481 e. The molecule has 4 aromatic carbocycles. The standard InChI is InChI=1S/C41H42N4O7/c1-26-39(49)45-35(24-29-12-16-31(17-13-29)30-10-6-3-7-11-30)40(50)44-34(23-27-8-4-2-5-9-27)36(46)25-32(41(51)52)22-28-14-18-33(19-15-28)43-38(48)21-20-37(47)42-26/h2-19,26,32,34-35H,20-25H2,1H3,(H,42,47)(H,43,48)(H,44,50)(H,45,49)(H,51,52)/t26-,32-,34-,35+/m1/s1. The Morgan fingerprint density at radius 1 is 0.615 bits per heavy atom. The Hall–Kier alpha value is -6.10. The quantitative estimate of drug-likeness (QED) is 0.187. The third-order valence-electron chi connectivity index (χ3n) is 8.99. The van der Waals surface area contributed by atoms with E-state index in [1.165, 1.54) is 6.92 Å². The second-order valence-electron chi connectivity index (χ2n) is 13.0. The van der Waals surface area contributed by atoms with Crippen LogP contribution in [0.3, 0.4) is 0 Å². The molecule has 4 atom stereocenters. The highest BCUT2D eigenvalue weighted by atomic mass is 16.4. The minimum Gasteiger partial charge on any atom is -0.481 e. The fraction of sp³-hybridized carbons (Fsp3) is 0.268. The number of hydrogen-bond donors (Lipinski definition) is 5. The summed E-state index contributed by atoms with van der Waals surface area (Å²) in [4.78, 5) is 79.1. The minimum atomic E-state index is -1.16. The van der Waals surface area contributed by atoms with Gasteiger partial charge in [0.05, 0.1) is 12.0 Å². The van der Waals surface area contributed by atoms with E-state index in [0.717, 1.165) is 22.3 Å². The van der Waals surface area contributed by atoms with Gasteiger partial charge in [-0.05, 0) is 59.7 Å². The van der Waals surface area contributed by atoms with Gasteiger partial charge in [0, 0.05) is 31.4 Å². The second kappa shape index (κ2) is 17.7. The SMILES string of the molecule is C[C@H]1NC(=O)CCC(=O)Nc2ccc(cc2)C[C@@H](C(=O)O)CC(=O)[C@@H](Cc2ccccc2)NC(=O)[C@H](Cc2ccc(-c3ccccc3)cc2)NC1=O. The zero-order valence-electron chi connectivity index (χ0n) is 28.8. The van der Waals surface area contributed by atoms with E-state index in [-0.39, 0.29) is 38.5 Å². The number of benzene rings is 4. The van der Waals surface area contributed by atoms with Crippen molar-refractivity contribution in [3.63, 3.8) is 0 Å². The van der Waals surface area contributed by atoms with Gasteiger partial charge in [0.25, 0.3) is 0 Å². The zero-order valence-corrected chi connectivity index (χ0v) is 28.8. The summed E-state index contributed by atoms with van der Waals surface area (Å²) in [6, 6.07) is 29.6. The molecular formula is C41H42N4O7. The van der Waals surface area contributed by atoms with E-state index in [9.17, 15) is 33.9 Å². The Bertz CT molecular complexity index is 1880. The molecule has 2 aliphatic heterocycles. The molecule has 0 saturated heterocycles. The number of anilines is 1. The lowest BCUT2D eigenvalue weighted by atomic mass is 9.90. The van der Waals surface area contributed by atoms with Crippen LogP contribution in [0, 0.1) is 5.92 Å². The number of aliphatic carboxylic acids is 1. The van der Waals surface area contributed by atoms with Crippen molar-refractivity contribution in [2.24, 2.45) is 5.92 Å². The van der Waals surface area contributed by atoms with E-state index >= 15 is 0 Å². The van der Waals surface area contributed by atoms with Gasteiger partial charge >= 0.3 is 5.97 Å². The van der Waals surface area contributed by atoms with E-state index in [2.05, 4.69) is 21.3 Å². The van der Waals surface area contributed by atoms with Gasteiger partial charge in [-0.1, -0.05) is 97.1 Å². The van der Waals surface area contributed by atoms with Gasteiger partial charge in [-0.15, -0.1) is 0 Å². The third kappa shape index (κ3) is 10.7. The van der Waals surface area contributed by atoms with Gasteiger partial charge in [-0.25, -0.2) is 0 Å². The van der Waals surface area contributed by atoms with Gasteiger partial charge in [0.2, 0.25) is 23.6 Å². The first-order valence-corrected chi connectivity index (χ1v) is 17.3. The molecule has 4 aromatic rings. The first-order valence-electron chi connectivity index (χ1n) is 17.3. The lowest BCUT2D eigenvalue weighted by molar-refractivity contribution is -0.144. The summed E-state index contributed by atoms with van der Waals surface area (Å²) in [6.07, 6.45) is -0.470. The average Bonchev–Trinajstić information content (AvgIpc) is 3.14. The number of carboxylic acids is 1. The molecule has 52 heavy (non-hydrogen) atoms. The number of rotatable bonds is 6. The van der Waals surface area contributed by atoms with Gasteiger partial charge in [0.1, 0.15) is 12.1 Å². The molecular weight excluding hydrogens is 660 g/mol. The van der Waals surface area contributed by atoms with Crippen LogP contribution in [0.2, 0.25) is 0 Å².